The van der Waals surface area contributed by atoms with Crippen LogP contribution in [0.2, 0.25) is 0 Å². The molecule has 1 saturated heterocycles. The van der Waals surface area contributed by atoms with Crippen molar-refractivity contribution in [3.8, 4) is 5.75 Å². The van der Waals surface area contributed by atoms with Crippen molar-refractivity contribution in [2.24, 2.45) is 5.92 Å². The quantitative estimate of drug-likeness (QED) is 0.923. The summed E-state index contributed by atoms with van der Waals surface area (Å²) in [5.41, 5.74) is 0. The Bertz CT molecular complexity index is 481. The third kappa shape index (κ3) is 4.37. The summed E-state index contributed by atoms with van der Waals surface area (Å²) in [6.45, 7) is 1.80. The fraction of sp³-hybridized carbons (Fsp3) is 0.538. The lowest BCUT2D eigenvalue weighted by Gasteiger charge is -2.22. The highest BCUT2D eigenvalue weighted by Crippen LogP contribution is 2.20. The fourth-order valence-corrected chi connectivity index (χ4v) is 3.90. The SMILES string of the molecule is COc1ccc(S(=O)(=O)CC2CCCNC2)cc1.Cl. The lowest BCUT2D eigenvalue weighted by atomic mass is 10.0. The summed E-state index contributed by atoms with van der Waals surface area (Å²) < 4.78 is 29.5. The molecule has 4 nitrogen and oxygen atoms in total. The third-order valence-electron chi connectivity index (χ3n) is 3.27. The number of methoxy groups -OCH3 is 1. The van der Waals surface area contributed by atoms with E-state index in [4.69, 9.17) is 4.74 Å². The second kappa shape index (κ2) is 7.12. The Hall–Kier alpha value is -0.780. The number of halogens is 1. The zero-order chi connectivity index (χ0) is 13.0. The average molecular weight is 306 g/mol. The molecule has 0 bridgehead atoms. The lowest BCUT2D eigenvalue weighted by Crippen LogP contribution is -2.33. The molecule has 1 unspecified atom stereocenters. The molecule has 1 heterocycles. The zero-order valence-electron chi connectivity index (χ0n) is 11.0. The maximum atomic E-state index is 12.2. The summed E-state index contributed by atoms with van der Waals surface area (Å²) in [4.78, 5) is 0.383. The molecule has 1 aliphatic heterocycles. The number of ether oxygens (including phenoxy) is 1. The maximum absolute atomic E-state index is 12.2. The molecule has 1 fully saturated rings. The lowest BCUT2D eigenvalue weighted by molar-refractivity contribution is 0.404. The molecule has 0 aromatic heterocycles. The molecule has 1 atom stereocenters. The van der Waals surface area contributed by atoms with Crippen LogP contribution < -0.4 is 10.1 Å². The Kier molecular flexibility index (Phi) is 6.10. The first-order chi connectivity index (χ1) is 8.62. The standard InChI is InChI=1S/C13H19NO3S.ClH/c1-17-12-4-6-13(7-5-12)18(15,16)10-11-3-2-8-14-9-11;/h4-7,11,14H,2-3,8-10H2,1H3;1H. The Morgan fingerprint density at radius 1 is 1.32 bits per heavy atom. The van der Waals surface area contributed by atoms with Gasteiger partial charge in [-0.25, -0.2) is 8.42 Å². The van der Waals surface area contributed by atoms with E-state index in [1.807, 2.05) is 0 Å². The number of hydrogen-bond donors (Lipinski definition) is 1. The summed E-state index contributed by atoms with van der Waals surface area (Å²) in [6.07, 6.45) is 2.05. The minimum atomic E-state index is -3.18. The monoisotopic (exact) mass is 305 g/mol. The van der Waals surface area contributed by atoms with Gasteiger partial charge in [-0.15, -0.1) is 12.4 Å². The summed E-state index contributed by atoms with van der Waals surface area (Å²) in [5.74, 6) is 1.13. The van der Waals surface area contributed by atoms with Crippen LogP contribution in [0.5, 0.6) is 5.75 Å². The summed E-state index contributed by atoms with van der Waals surface area (Å²) >= 11 is 0. The van der Waals surface area contributed by atoms with E-state index in [1.165, 1.54) is 0 Å². The summed E-state index contributed by atoms with van der Waals surface area (Å²) in [6, 6.07) is 6.60. The maximum Gasteiger partial charge on any atom is 0.178 e. The van der Waals surface area contributed by atoms with Gasteiger partial charge in [-0.1, -0.05) is 0 Å². The van der Waals surface area contributed by atoms with Crippen LogP contribution in [0.15, 0.2) is 29.2 Å². The molecule has 1 aliphatic rings. The van der Waals surface area contributed by atoms with E-state index in [0.29, 0.717) is 10.6 Å². The van der Waals surface area contributed by atoms with Crippen LogP contribution in [0.4, 0.5) is 0 Å². The molecule has 0 amide bonds. The van der Waals surface area contributed by atoms with Crippen molar-refractivity contribution in [1.82, 2.24) is 5.32 Å². The molecule has 1 aromatic carbocycles. The van der Waals surface area contributed by atoms with Crippen molar-refractivity contribution < 1.29 is 13.2 Å². The van der Waals surface area contributed by atoms with Gasteiger partial charge in [-0.2, -0.15) is 0 Å². The molecule has 108 valence electrons. The first-order valence-corrected chi connectivity index (χ1v) is 7.84. The highest BCUT2D eigenvalue weighted by atomic mass is 35.5. The van der Waals surface area contributed by atoms with Crippen LogP contribution in [-0.4, -0.2) is 34.4 Å². The molecule has 6 heteroatoms. The number of nitrogens with one attached hydrogen (secondary N) is 1. The van der Waals surface area contributed by atoms with Gasteiger partial charge in [-0.3, -0.25) is 0 Å². The predicted molar refractivity (Wildman–Crippen MR) is 77.9 cm³/mol. The van der Waals surface area contributed by atoms with E-state index in [2.05, 4.69) is 5.32 Å². The Morgan fingerprint density at radius 2 is 2.00 bits per heavy atom. The first kappa shape index (κ1) is 16.3. The van der Waals surface area contributed by atoms with E-state index < -0.39 is 9.84 Å². The normalized spacial score (nSPS) is 19.5. The van der Waals surface area contributed by atoms with Crippen LogP contribution in [-0.2, 0) is 9.84 Å². The van der Waals surface area contributed by atoms with Crippen LogP contribution in [0.25, 0.3) is 0 Å². The van der Waals surface area contributed by atoms with Crippen molar-refractivity contribution in [1.29, 1.82) is 0 Å². The highest BCUT2D eigenvalue weighted by Gasteiger charge is 2.22. The number of piperidine rings is 1. The Labute approximate surface area is 120 Å². The van der Waals surface area contributed by atoms with Crippen molar-refractivity contribution in [2.75, 3.05) is 26.0 Å². The van der Waals surface area contributed by atoms with Crippen LogP contribution in [0, 0.1) is 5.92 Å². The molecule has 1 aromatic rings. The van der Waals surface area contributed by atoms with Gasteiger partial charge in [0.2, 0.25) is 0 Å². The van der Waals surface area contributed by atoms with E-state index in [9.17, 15) is 8.42 Å². The minimum Gasteiger partial charge on any atom is -0.497 e. The van der Waals surface area contributed by atoms with Gasteiger partial charge >= 0.3 is 0 Å². The number of hydrogen-bond acceptors (Lipinski definition) is 4. The van der Waals surface area contributed by atoms with E-state index in [1.54, 1.807) is 31.4 Å². The van der Waals surface area contributed by atoms with Gasteiger partial charge in [0.25, 0.3) is 0 Å². The van der Waals surface area contributed by atoms with E-state index in [0.717, 1.165) is 25.9 Å². The van der Waals surface area contributed by atoms with Crippen molar-refractivity contribution in [3.05, 3.63) is 24.3 Å². The highest BCUT2D eigenvalue weighted by molar-refractivity contribution is 7.91. The fourth-order valence-electron chi connectivity index (χ4n) is 2.26. The number of rotatable bonds is 4. The van der Waals surface area contributed by atoms with Crippen LogP contribution in [0.1, 0.15) is 12.8 Å². The number of benzene rings is 1. The third-order valence-corrected chi connectivity index (χ3v) is 5.17. The average Bonchev–Trinajstić information content (AvgIpc) is 2.39. The van der Waals surface area contributed by atoms with Crippen LogP contribution in [0.3, 0.4) is 0 Å². The zero-order valence-corrected chi connectivity index (χ0v) is 12.6. The summed E-state index contributed by atoms with van der Waals surface area (Å²) in [7, 11) is -1.61. The van der Waals surface area contributed by atoms with Crippen molar-refractivity contribution >= 4 is 22.2 Å². The smallest absolute Gasteiger partial charge is 0.178 e. The predicted octanol–water partition coefficient (Wildman–Crippen LogP) is 1.89. The minimum absolute atomic E-state index is 0. The molecule has 1 N–H and O–H groups in total. The molecule has 0 saturated carbocycles. The summed E-state index contributed by atoms with van der Waals surface area (Å²) in [5, 5.41) is 3.24. The number of sulfone groups is 1. The first-order valence-electron chi connectivity index (χ1n) is 6.19. The van der Waals surface area contributed by atoms with Crippen LogP contribution >= 0.6 is 12.4 Å². The van der Waals surface area contributed by atoms with Crippen molar-refractivity contribution in [3.63, 3.8) is 0 Å². The molecule has 2 rings (SSSR count). The topological polar surface area (TPSA) is 55.4 Å². The van der Waals surface area contributed by atoms with Crippen molar-refractivity contribution in [2.45, 2.75) is 17.7 Å². The molecule has 0 aliphatic carbocycles. The second-order valence-electron chi connectivity index (χ2n) is 4.67. The van der Waals surface area contributed by atoms with Gasteiger partial charge in [0.1, 0.15) is 5.75 Å². The van der Waals surface area contributed by atoms with Gasteiger partial charge in [0.05, 0.1) is 17.8 Å². The largest absolute Gasteiger partial charge is 0.497 e. The van der Waals surface area contributed by atoms with Gasteiger partial charge in [0, 0.05) is 0 Å². The van der Waals surface area contributed by atoms with Gasteiger partial charge < -0.3 is 10.1 Å². The van der Waals surface area contributed by atoms with E-state index >= 15 is 0 Å². The molecule has 19 heavy (non-hydrogen) atoms. The Morgan fingerprint density at radius 3 is 2.53 bits per heavy atom. The van der Waals surface area contributed by atoms with Gasteiger partial charge in [0.15, 0.2) is 9.84 Å². The van der Waals surface area contributed by atoms with Gasteiger partial charge in [-0.05, 0) is 56.1 Å². The molecular formula is C13H20ClNO3S. The second-order valence-corrected chi connectivity index (χ2v) is 6.70. The van der Waals surface area contributed by atoms with E-state index in [-0.39, 0.29) is 24.1 Å². The molecule has 0 spiro atoms. The molecular weight excluding hydrogens is 286 g/mol. The molecule has 0 radical (unpaired) electrons. The Balaban J connectivity index is 0.00000180.